The first-order valence-corrected chi connectivity index (χ1v) is 5.10. The summed E-state index contributed by atoms with van der Waals surface area (Å²) < 4.78 is 26.5. The van der Waals surface area contributed by atoms with Crippen LogP contribution in [0.3, 0.4) is 0 Å². The average molecular weight is 255 g/mol. The minimum Gasteiger partial charge on any atom is -0.282 e. The fourth-order valence-electron chi connectivity index (χ4n) is 0.719. The van der Waals surface area contributed by atoms with E-state index in [0.717, 1.165) is 6.92 Å². The number of carbonyl (C=O) groups is 1. The van der Waals surface area contributed by atoms with Crippen LogP contribution in [0.4, 0.5) is 0 Å². The van der Waals surface area contributed by atoms with Crippen LogP contribution in [0, 0.1) is 0 Å². The first-order chi connectivity index (χ1) is 6.52. The van der Waals surface area contributed by atoms with Crippen LogP contribution in [0.15, 0.2) is 35.2 Å². The Balaban J connectivity index is 0.00000196. The molecule has 15 heavy (non-hydrogen) atoms. The maximum absolute atomic E-state index is 11.2. The fraction of sp³-hybridized carbons (Fsp3) is 0.125. The van der Waals surface area contributed by atoms with Gasteiger partial charge in [-0.15, -0.1) is 0 Å². The molecular weight excluding hydrogens is 247 g/mol. The molecule has 0 fully saturated rings. The van der Waals surface area contributed by atoms with Gasteiger partial charge in [0.15, 0.2) is 0 Å². The number of benzene rings is 1. The second kappa shape index (κ2) is 6.74. The van der Waals surface area contributed by atoms with Gasteiger partial charge in [0.1, 0.15) is 0 Å². The van der Waals surface area contributed by atoms with E-state index in [9.17, 15) is 13.2 Å². The van der Waals surface area contributed by atoms with Gasteiger partial charge in [0.2, 0.25) is 0 Å². The number of rotatable bonds is 3. The molecule has 0 saturated heterocycles. The molecule has 0 aliphatic heterocycles. The van der Waals surface area contributed by atoms with Crippen molar-refractivity contribution in [1.82, 2.24) is 0 Å². The Morgan fingerprint density at radius 2 is 1.73 bits per heavy atom. The molecule has 0 aliphatic rings. The maximum Gasteiger partial charge on any atom is 0.340 e. The summed E-state index contributed by atoms with van der Waals surface area (Å²) >= 11 is 0. The molecule has 0 saturated carbocycles. The van der Waals surface area contributed by atoms with Crippen molar-refractivity contribution in [2.45, 2.75) is 11.8 Å². The SMILES string of the molecule is CC(=O)OOS(=O)(=O)c1ccccc1.[K]. The van der Waals surface area contributed by atoms with Crippen molar-refractivity contribution in [3.8, 4) is 0 Å². The van der Waals surface area contributed by atoms with Gasteiger partial charge in [0.25, 0.3) is 0 Å². The van der Waals surface area contributed by atoms with Gasteiger partial charge in [-0.25, -0.2) is 4.79 Å². The zero-order valence-electron chi connectivity index (χ0n) is 8.34. The van der Waals surface area contributed by atoms with Crippen molar-refractivity contribution in [2.75, 3.05) is 0 Å². The van der Waals surface area contributed by atoms with E-state index >= 15 is 0 Å². The van der Waals surface area contributed by atoms with E-state index in [1.807, 2.05) is 0 Å². The first kappa shape index (κ1) is 15.2. The Morgan fingerprint density at radius 3 is 2.20 bits per heavy atom. The molecular formula is C8H8KO5S. The maximum atomic E-state index is 11.2. The van der Waals surface area contributed by atoms with E-state index in [0.29, 0.717) is 0 Å². The Morgan fingerprint density at radius 1 is 1.20 bits per heavy atom. The Kier molecular flexibility index (Phi) is 6.85. The van der Waals surface area contributed by atoms with Gasteiger partial charge in [-0.05, 0) is 16.5 Å². The molecule has 0 amide bonds. The van der Waals surface area contributed by atoms with Crippen molar-refractivity contribution in [3.63, 3.8) is 0 Å². The molecule has 5 nitrogen and oxygen atoms in total. The molecule has 0 N–H and O–H groups in total. The second-order valence-electron chi connectivity index (χ2n) is 2.41. The van der Waals surface area contributed by atoms with Crippen LogP contribution < -0.4 is 0 Å². The van der Waals surface area contributed by atoms with Crippen molar-refractivity contribution in [3.05, 3.63) is 30.3 Å². The molecule has 0 aromatic heterocycles. The van der Waals surface area contributed by atoms with E-state index in [-0.39, 0.29) is 56.3 Å². The zero-order valence-corrected chi connectivity index (χ0v) is 12.3. The fourth-order valence-corrected chi connectivity index (χ4v) is 1.47. The Labute approximate surface area is 130 Å². The Bertz CT molecular complexity index is 414. The third-order valence-corrected chi connectivity index (χ3v) is 2.37. The molecule has 0 heterocycles. The molecule has 1 radical (unpaired) electrons. The predicted octanol–water partition coefficient (Wildman–Crippen LogP) is 0.489. The van der Waals surface area contributed by atoms with Gasteiger partial charge in [0.05, 0.1) is 4.90 Å². The van der Waals surface area contributed by atoms with Crippen LogP contribution in [0.1, 0.15) is 6.92 Å². The summed E-state index contributed by atoms with van der Waals surface area (Å²) in [6, 6.07) is 7.39. The summed E-state index contributed by atoms with van der Waals surface area (Å²) in [6.45, 7) is 1.04. The standard InChI is InChI=1S/C8H8O5S.K/c1-7(9)12-13-14(10,11)8-5-3-2-4-6-8;/h2-6H,1H3;. The summed E-state index contributed by atoms with van der Waals surface area (Å²) in [5.74, 6) is -0.829. The van der Waals surface area contributed by atoms with Gasteiger partial charge in [-0.1, -0.05) is 18.2 Å². The van der Waals surface area contributed by atoms with Crippen LogP contribution in [0.5, 0.6) is 0 Å². The second-order valence-corrected chi connectivity index (χ2v) is 3.93. The van der Waals surface area contributed by atoms with Crippen LogP contribution in [0.2, 0.25) is 0 Å². The van der Waals surface area contributed by atoms with Crippen molar-refractivity contribution in [1.29, 1.82) is 0 Å². The van der Waals surface area contributed by atoms with Gasteiger partial charge in [-0.3, -0.25) is 4.89 Å². The molecule has 1 aromatic rings. The van der Waals surface area contributed by atoms with E-state index in [1.54, 1.807) is 6.07 Å². The van der Waals surface area contributed by atoms with E-state index < -0.39 is 16.1 Å². The largest absolute Gasteiger partial charge is 0.340 e. The van der Waals surface area contributed by atoms with Crippen LogP contribution >= 0.6 is 0 Å². The summed E-state index contributed by atoms with van der Waals surface area (Å²) in [6.07, 6.45) is 0. The number of hydrogen-bond acceptors (Lipinski definition) is 5. The number of hydrogen-bond donors (Lipinski definition) is 0. The van der Waals surface area contributed by atoms with Gasteiger partial charge in [0, 0.05) is 58.3 Å². The number of carbonyl (C=O) groups excluding carboxylic acids is 1. The van der Waals surface area contributed by atoms with Gasteiger partial charge in [-0.2, -0.15) is 8.42 Å². The Hall–Kier alpha value is 0.236. The minimum atomic E-state index is -4.00. The third kappa shape index (κ3) is 5.21. The monoisotopic (exact) mass is 255 g/mol. The molecule has 1 rings (SSSR count). The first-order valence-electron chi connectivity index (χ1n) is 3.69. The quantitative estimate of drug-likeness (QED) is 0.446. The molecule has 0 bridgehead atoms. The van der Waals surface area contributed by atoms with Crippen molar-refractivity contribution >= 4 is 67.5 Å². The summed E-state index contributed by atoms with van der Waals surface area (Å²) in [5, 5.41) is 0. The third-order valence-electron chi connectivity index (χ3n) is 1.27. The molecule has 77 valence electrons. The van der Waals surface area contributed by atoms with Crippen molar-refractivity contribution in [2.24, 2.45) is 0 Å². The van der Waals surface area contributed by atoms with E-state index in [1.165, 1.54) is 24.3 Å². The molecule has 0 aliphatic carbocycles. The van der Waals surface area contributed by atoms with Crippen LogP contribution in [-0.2, 0) is 24.1 Å². The summed E-state index contributed by atoms with van der Waals surface area (Å²) in [7, 11) is -4.00. The van der Waals surface area contributed by atoms with Crippen LogP contribution in [0.25, 0.3) is 0 Å². The molecule has 0 unspecified atom stereocenters. The van der Waals surface area contributed by atoms with Gasteiger partial charge < -0.3 is 0 Å². The van der Waals surface area contributed by atoms with Crippen molar-refractivity contribution < 1.29 is 22.4 Å². The predicted molar refractivity (Wildman–Crippen MR) is 52.2 cm³/mol. The zero-order chi connectivity index (χ0) is 10.6. The van der Waals surface area contributed by atoms with E-state index in [4.69, 9.17) is 0 Å². The topological polar surface area (TPSA) is 69.7 Å². The normalized spacial score (nSPS) is 10.2. The molecule has 7 heteroatoms. The molecule has 0 spiro atoms. The van der Waals surface area contributed by atoms with E-state index in [2.05, 4.69) is 9.22 Å². The van der Waals surface area contributed by atoms with Gasteiger partial charge >= 0.3 is 16.1 Å². The molecule has 0 atom stereocenters. The minimum absolute atomic E-state index is 0. The smallest absolute Gasteiger partial charge is 0.282 e. The molecule has 1 aromatic carbocycles. The summed E-state index contributed by atoms with van der Waals surface area (Å²) in [4.78, 5) is 14.2. The van der Waals surface area contributed by atoms with Crippen LogP contribution in [-0.4, -0.2) is 65.8 Å². The average Bonchev–Trinajstić information content (AvgIpc) is 2.16. The summed E-state index contributed by atoms with van der Waals surface area (Å²) in [5.41, 5.74) is 0.